The van der Waals surface area contributed by atoms with E-state index in [1.54, 1.807) is 24.3 Å². The van der Waals surface area contributed by atoms with Crippen LogP contribution in [0.4, 0.5) is 0 Å². The number of nitrogens with zero attached hydrogens (tertiary/aromatic N) is 1. The van der Waals surface area contributed by atoms with Crippen LogP contribution in [0.25, 0.3) is 11.1 Å². The van der Waals surface area contributed by atoms with Crippen molar-refractivity contribution in [2.24, 2.45) is 0 Å². The molecular weight excluding hydrogens is 292 g/mol. The predicted octanol–water partition coefficient (Wildman–Crippen LogP) is 2.82. The highest BCUT2D eigenvalue weighted by molar-refractivity contribution is 6.33. The van der Waals surface area contributed by atoms with E-state index in [9.17, 15) is 9.90 Å². The number of nitrogens with one attached hydrogen (secondary N) is 1. The Bertz CT molecular complexity index is 736. The number of H-pyrrole nitrogens is 1. The van der Waals surface area contributed by atoms with E-state index in [-0.39, 0.29) is 11.4 Å². The zero-order valence-electron chi connectivity index (χ0n) is 11.5. The first kappa shape index (κ1) is 14.1. The Kier molecular flexibility index (Phi) is 3.47. The van der Waals surface area contributed by atoms with E-state index >= 15 is 0 Å². The van der Waals surface area contributed by atoms with Gasteiger partial charge in [-0.15, -0.1) is 0 Å². The number of benzene rings is 1. The lowest BCUT2D eigenvalue weighted by atomic mass is 10.0. The summed E-state index contributed by atoms with van der Waals surface area (Å²) < 4.78 is 5.64. The van der Waals surface area contributed by atoms with Crippen LogP contribution in [0.15, 0.2) is 29.1 Å². The van der Waals surface area contributed by atoms with Crippen LogP contribution in [0.5, 0.6) is 5.88 Å². The topological polar surface area (TPSA) is 75.2 Å². The van der Waals surface area contributed by atoms with Crippen LogP contribution in [0.2, 0.25) is 5.02 Å². The Morgan fingerprint density at radius 1 is 1.43 bits per heavy atom. The third-order valence-electron chi connectivity index (χ3n) is 3.76. The van der Waals surface area contributed by atoms with Crippen molar-refractivity contribution in [3.05, 3.63) is 45.5 Å². The van der Waals surface area contributed by atoms with E-state index in [1.807, 2.05) is 6.92 Å². The summed E-state index contributed by atoms with van der Waals surface area (Å²) in [5.41, 5.74) is -0.557. The lowest BCUT2D eigenvalue weighted by Gasteiger charge is -2.22. The molecule has 1 saturated heterocycles. The van der Waals surface area contributed by atoms with Gasteiger partial charge in [-0.25, -0.2) is 0 Å². The predicted molar refractivity (Wildman–Crippen MR) is 79.5 cm³/mol. The number of ether oxygens (including phenoxy) is 1. The minimum Gasteiger partial charge on any atom is -0.493 e. The van der Waals surface area contributed by atoms with Gasteiger partial charge in [-0.05, 0) is 25.8 Å². The Balaban J connectivity index is 2.14. The molecule has 1 atom stereocenters. The van der Waals surface area contributed by atoms with Gasteiger partial charge in [0.1, 0.15) is 17.0 Å². The van der Waals surface area contributed by atoms with Crippen molar-refractivity contribution in [3.8, 4) is 17.0 Å². The summed E-state index contributed by atoms with van der Waals surface area (Å²) in [6.45, 7) is 2.47. The molecule has 2 aromatic rings. The molecule has 1 unspecified atom stereocenters. The molecule has 1 fully saturated rings. The normalized spacial score (nSPS) is 21.6. The lowest BCUT2D eigenvalue weighted by Crippen LogP contribution is -2.27. The molecule has 21 heavy (non-hydrogen) atoms. The molecule has 0 bridgehead atoms. The van der Waals surface area contributed by atoms with Gasteiger partial charge < -0.3 is 14.8 Å². The lowest BCUT2D eigenvalue weighted by molar-refractivity contribution is 0.00871. The van der Waals surface area contributed by atoms with Crippen molar-refractivity contribution in [3.63, 3.8) is 0 Å². The van der Waals surface area contributed by atoms with E-state index in [0.29, 0.717) is 23.0 Å². The summed E-state index contributed by atoms with van der Waals surface area (Å²) >= 11 is 6.08. The summed E-state index contributed by atoms with van der Waals surface area (Å²) in [5, 5.41) is 10.6. The number of hydrogen-bond donors (Lipinski definition) is 2. The maximum Gasteiger partial charge on any atom is 0.262 e. The molecule has 6 heteroatoms. The highest BCUT2D eigenvalue weighted by Crippen LogP contribution is 2.35. The molecule has 5 nitrogen and oxygen atoms in total. The molecule has 1 aliphatic rings. The third kappa shape index (κ3) is 2.43. The largest absolute Gasteiger partial charge is 0.493 e. The molecule has 1 aromatic carbocycles. The van der Waals surface area contributed by atoms with Crippen LogP contribution in [-0.2, 0) is 10.3 Å². The maximum absolute atomic E-state index is 12.3. The molecule has 0 saturated carbocycles. The van der Waals surface area contributed by atoms with E-state index in [4.69, 9.17) is 16.3 Å². The standard InChI is InChI=1S/C15H15ClN2O3/c1-15(7-4-8-21-15)14-17-12(19)11(13(20)18-14)9-5-2-3-6-10(9)16/h2-3,5-6H,4,7-8H2,1H3,(H2,17,18,19,20). The fourth-order valence-electron chi connectivity index (χ4n) is 2.58. The minimum atomic E-state index is -0.657. The molecule has 0 spiro atoms. The van der Waals surface area contributed by atoms with E-state index in [1.165, 1.54) is 0 Å². The number of hydrogen-bond acceptors (Lipinski definition) is 4. The maximum atomic E-state index is 12.3. The monoisotopic (exact) mass is 306 g/mol. The summed E-state index contributed by atoms with van der Waals surface area (Å²) in [4.78, 5) is 19.2. The first-order valence-corrected chi connectivity index (χ1v) is 7.12. The average Bonchev–Trinajstić information content (AvgIpc) is 2.88. The van der Waals surface area contributed by atoms with Gasteiger partial charge in [0.25, 0.3) is 5.56 Å². The van der Waals surface area contributed by atoms with Crippen molar-refractivity contribution < 1.29 is 9.84 Å². The molecule has 1 aromatic heterocycles. The Morgan fingerprint density at radius 3 is 2.81 bits per heavy atom. The number of rotatable bonds is 2. The quantitative estimate of drug-likeness (QED) is 0.894. The second kappa shape index (κ2) is 5.16. The first-order chi connectivity index (χ1) is 10.0. The van der Waals surface area contributed by atoms with E-state index < -0.39 is 11.2 Å². The molecule has 0 amide bonds. The molecule has 0 radical (unpaired) electrons. The Hall–Kier alpha value is -1.85. The fourth-order valence-corrected chi connectivity index (χ4v) is 2.81. The van der Waals surface area contributed by atoms with Crippen LogP contribution in [0.1, 0.15) is 25.6 Å². The third-order valence-corrected chi connectivity index (χ3v) is 4.09. The first-order valence-electron chi connectivity index (χ1n) is 6.74. The number of halogens is 1. The summed E-state index contributed by atoms with van der Waals surface area (Å²) in [6, 6.07) is 6.83. The number of aromatic amines is 1. The molecule has 110 valence electrons. The summed E-state index contributed by atoms with van der Waals surface area (Å²) in [5.74, 6) is 0.0110. The van der Waals surface area contributed by atoms with Gasteiger partial charge in [0.2, 0.25) is 5.88 Å². The molecular formula is C15H15ClN2O3. The van der Waals surface area contributed by atoms with Crippen molar-refractivity contribution in [2.45, 2.75) is 25.4 Å². The highest BCUT2D eigenvalue weighted by atomic mass is 35.5. The Morgan fingerprint density at radius 2 is 2.19 bits per heavy atom. The smallest absolute Gasteiger partial charge is 0.262 e. The zero-order valence-corrected chi connectivity index (χ0v) is 12.3. The molecule has 2 heterocycles. The van der Waals surface area contributed by atoms with Gasteiger partial charge in [-0.2, -0.15) is 4.98 Å². The Labute approximate surface area is 126 Å². The molecule has 0 aliphatic carbocycles. The van der Waals surface area contributed by atoms with Crippen molar-refractivity contribution >= 4 is 11.6 Å². The van der Waals surface area contributed by atoms with Gasteiger partial charge in [-0.3, -0.25) is 4.79 Å². The van der Waals surface area contributed by atoms with E-state index in [0.717, 1.165) is 12.8 Å². The molecule has 1 aliphatic heterocycles. The summed E-state index contributed by atoms with van der Waals surface area (Å²) in [6.07, 6.45) is 1.65. The number of aromatic nitrogens is 2. The van der Waals surface area contributed by atoms with Crippen LogP contribution in [-0.4, -0.2) is 21.7 Å². The van der Waals surface area contributed by atoms with Crippen molar-refractivity contribution in [1.29, 1.82) is 0 Å². The molecule has 2 N–H and O–H groups in total. The fraction of sp³-hybridized carbons (Fsp3) is 0.333. The van der Waals surface area contributed by atoms with Crippen LogP contribution >= 0.6 is 11.6 Å². The number of aromatic hydroxyl groups is 1. The van der Waals surface area contributed by atoms with Gasteiger partial charge >= 0.3 is 0 Å². The van der Waals surface area contributed by atoms with Gasteiger partial charge in [0.15, 0.2) is 0 Å². The second-order valence-corrected chi connectivity index (χ2v) is 5.68. The van der Waals surface area contributed by atoms with Crippen LogP contribution < -0.4 is 5.56 Å². The van der Waals surface area contributed by atoms with Crippen molar-refractivity contribution in [1.82, 2.24) is 9.97 Å². The second-order valence-electron chi connectivity index (χ2n) is 5.28. The van der Waals surface area contributed by atoms with Crippen LogP contribution in [0.3, 0.4) is 0 Å². The zero-order chi connectivity index (χ0) is 15.0. The summed E-state index contributed by atoms with van der Waals surface area (Å²) in [7, 11) is 0. The molecule has 3 rings (SSSR count). The van der Waals surface area contributed by atoms with Crippen LogP contribution in [0, 0.1) is 0 Å². The van der Waals surface area contributed by atoms with Crippen molar-refractivity contribution in [2.75, 3.05) is 6.61 Å². The highest BCUT2D eigenvalue weighted by Gasteiger charge is 2.35. The minimum absolute atomic E-state index is 0.0750. The van der Waals surface area contributed by atoms with Gasteiger partial charge in [-0.1, -0.05) is 29.8 Å². The SMILES string of the molecule is CC1(c2nc(O)c(-c3ccccc3Cl)c(=O)[nH]2)CCCO1. The van der Waals surface area contributed by atoms with Gasteiger partial charge in [0.05, 0.1) is 0 Å². The average molecular weight is 307 g/mol. The van der Waals surface area contributed by atoms with E-state index in [2.05, 4.69) is 9.97 Å². The van der Waals surface area contributed by atoms with Gasteiger partial charge in [0, 0.05) is 17.2 Å².